The van der Waals surface area contributed by atoms with Crippen LogP contribution in [0.15, 0.2) is 47.4 Å². The van der Waals surface area contributed by atoms with E-state index in [0.717, 1.165) is 24.0 Å². The first-order valence-corrected chi connectivity index (χ1v) is 11.4. The first-order valence-electron chi connectivity index (χ1n) is 9.58. The molecule has 2 N–H and O–H groups in total. The molecule has 8 heteroatoms. The summed E-state index contributed by atoms with van der Waals surface area (Å²) in [5.74, 6) is -0.0991. The molecule has 1 aliphatic rings. The minimum absolute atomic E-state index is 0.0387. The van der Waals surface area contributed by atoms with Crippen molar-refractivity contribution in [2.75, 3.05) is 13.1 Å². The van der Waals surface area contributed by atoms with Crippen molar-refractivity contribution in [1.29, 1.82) is 0 Å². The fourth-order valence-electron chi connectivity index (χ4n) is 3.47. The molecule has 0 spiro atoms. The van der Waals surface area contributed by atoms with Gasteiger partial charge < -0.3 is 10.4 Å². The molecule has 1 amide bonds. The zero-order valence-electron chi connectivity index (χ0n) is 16.3. The van der Waals surface area contributed by atoms with Gasteiger partial charge in [-0.05, 0) is 48.1 Å². The van der Waals surface area contributed by atoms with Crippen molar-refractivity contribution in [1.82, 2.24) is 9.62 Å². The predicted molar refractivity (Wildman–Crippen MR) is 112 cm³/mol. The monoisotopic (exact) mass is 436 g/mol. The Kier molecular flexibility index (Phi) is 6.95. The summed E-state index contributed by atoms with van der Waals surface area (Å²) >= 11 is 6.19. The van der Waals surface area contributed by atoms with E-state index in [1.807, 2.05) is 13.0 Å². The van der Waals surface area contributed by atoms with Crippen LogP contribution in [-0.4, -0.2) is 36.8 Å². The lowest BCUT2D eigenvalue weighted by Gasteiger charge is -2.30. The molecule has 1 fully saturated rings. The van der Waals surface area contributed by atoms with Gasteiger partial charge in [-0.25, -0.2) is 8.42 Å². The van der Waals surface area contributed by atoms with E-state index in [4.69, 9.17) is 11.6 Å². The number of hydrogen-bond donors (Lipinski definition) is 2. The van der Waals surface area contributed by atoms with Crippen LogP contribution in [0.25, 0.3) is 0 Å². The van der Waals surface area contributed by atoms with Gasteiger partial charge in [0, 0.05) is 25.2 Å². The average molecular weight is 437 g/mol. The van der Waals surface area contributed by atoms with Gasteiger partial charge in [0.1, 0.15) is 4.90 Å². The summed E-state index contributed by atoms with van der Waals surface area (Å²) in [7, 11) is -3.76. The second-order valence-electron chi connectivity index (χ2n) is 7.42. The van der Waals surface area contributed by atoms with Crippen molar-refractivity contribution in [3.8, 4) is 0 Å². The normalized spacial score (nSPS) is 17.8. The third kappa shape index (κ3) is 5.17. The molecule has 1 heterocycles. The highest BCUT2D eigenvalue weighted by atomic mass is 35.5. The zero-order valence-corrected chi connectivity index (χ0v) is 17.8. The van der Waals surface area contributed by atoms with Crippen LogP contribution in [0.3, 0.4) is 0 Å². The van der Waals surface area contributed by atoms with E-state index in [9.17, 15) is 18.3 Å². The van der Waals surface area contributed by atoms with Crippen LogP contribution in [0.5, 0.6) is 0 Å². The van der Waals surface area contributed by atoms with E-state index in [1.54, 1.807) is 18.2 Å². The third-order valence-electron chi connectivity index (χ3n) is 5.06. The largest absolute Gasteiger partial charge is 0.392 e. The highest BCUT2D eigenvalue weighted by Gasteiger charge is 2.30. The molecule has 0 aromatic heterocycles. The number of benzene rings is 2. The van der Waals surface area contributed by atoms with Crippen molar-refractivity contribution in [2.24, 2.45) is 5.92 Å². The summed E-state index contributed by atoms with van der Waals surface area (Å²) in [6.07, 6.45) is 1.81. The van der Waals surface area contributed by atoms with Crippen molar-refractivity contribution in [3.63, 3.8) is 0 Å². The lowest BCUT2D eigenvalue weighted by atomic mass is 10.0. The number of carbonyl (C=O) groups excluding carboxylic acids is 1. The number of sulfonamides is 1. The van der Waals surface area contributed by atoms with Gasteiger partial charge in [0.05, 0.1) is 11.6 Å². The lowest BCUT2D eigenvalue weighted by Crippen LogP contribution is -2.39. The SMILES string of the molecule is C[C@@H]1CCCN(S(=O)(=O)c2cc(C(=O)NCc3cccc(CO)c3)ccc2Cl)C1. The van der Waals surface area contributed by atoms with Crippen LogP contribution in [-0.2, 0) is 23.2 Å². The van der Waals surface area contributed by atoms with E-state index in [2.05, 4.69) is 5.32 Å². The molecule has 1 aliphatic heterocycles. The van der Waals surface area contributed by atoms with Crippen LogP contribution in [0, 0.1) is 5.92 Å². The van der Waals surface area contributed by atoms with E-state index in [-0.39, 0.29) is 34.5 Å². The van der Waals surface area contributed by atoms with E-state index in [1.165, 1.54) is 22.5 Å². The molecule has 1 atom stereocenters. The second-order valence-corrected chi connectivity index (χ2v) is 9.73. The molecule has 0 aliphatic carbocycles. The summed E-state index contributed by atoms with van der Waals surface area (Å²) in [5.41, 5.74) is 1.83. The van der Waals surface area contributed by atoms with Gasteiger partial charge in [-0.3, -0.25) is 4.79 Å². The Balaban J connectivity index is 1.78. The number of halogens is 1. The van der Waals surface area contributed by atoms with Crippen molar-refractivity contribution in [3.05, 3.63) is 64.2 Å². The molecule has 156 valence electrons. The first kappa shape index (κ1) is 21.8. The molecule has 0 unspecified atom stereocenters. The Morgan fingerprint density at radius 3 is 2.72 bits per heavy atom. The molecule has 3 rings (SSSR count). The zero-order chi connectivity index (χ0) is 21.0. The fraction of sp³-hybridized carbons (Fsp3) is 0.381. The summed E-state index contributed by atoms with van der Waals surface area (Å²) in [6.45, 7) is 3.13. The molecule has 0 saturated carbocycles. The third-order valence-corrected chi connectivity index (χ3v) is 7.40. The number of carbonyl (C=O) groups is 1. The van der Waals surface area contributed by atoms with Crippen LogP contribution < -0.4 is 5.32 Å². The molecular weight excluding hydrogens is 412 g/mol. The quantitative estimate of drug-likeness (QED) is 0.728. The smallest absolute Gasteiger partial charge is 0.251 e. The van der Waals surface area contributed by atoms with Gasteiger partial charge in [-0.1, -0.05) is 42.8 Å². The Bertz CT molecular complexity index is 994. The number of piperidine rings is 1. The molecular formula is C21H25ClN2O4S. The van der Waals surface area contributed by atoms with Crippen molar-refractivity contribution >= 4 is 27.5 Å². The summed E-state index contributed by atoms with van der Waals surface area (Å²) in [6, 6.07) is 11.5. The van der Waals surface area contributed by atoms with Gasteiger partial charge in [-0.2, -0.15) is 4.31 Å². The van der Waals surface area contributed by atoms with Gasteiger partial charge >= 0.3 is 0 Å². The molecule has 6 nitrogen and oxygen atoms in total. The number of aliphatic hydroxyl groups excluding tert-OH is 1. The topological polar surface area (TPSA) is 86.7 Å². The van der Waals surface area contributed by atoms with Gasteiger partial charge in [-0.15, -0.1) is 0 Å². The number of nitrogens with zero attached hydrogens (tertiary/aromatic N) is 1. The first-order chi connectivity index (χ1) is 13.8. The number of hydrogen-bond acceptors (Lipinski definition) is 4. The Labute approximate surface area is 176 Å². The number of aliphatic hydroxyl groups is 1. The van der Waals surface area contributed by atoms with Crippen molar-refractivity contribution < 1.29 is 18.3 Å². The van der Waals surface area contributed by atoms with Crippen LogP contribution >= 0.6 is 11.6 Å². The Morgan fingerprint density at radius 1 is 1.24 bits per heavy atom. The summed E-state index contributed by atoms with van der Waals surface area (Å²) < 4.78 is 27.6. The highest BCUT2D eigenvalue weighted by Crippen LogP contribution is 2.29. The van der Waals surface area contributed by atoms with E-state index in [0.29, 0.717) is 19.0 Å². The lowest BCUT2D eigenvalue weighted by molar-refractivity contribution is 0.0950. The van der Waals surface area contributed by atoms with Gasteiger partial charge in [0.2, 0.25) is 10.0 Å². The molecule has 29 heavy (non-hydrogen) atoms. The van der Waals surface area contributed by atoms with Crippen molar-refractivity contribution in [2.45, 2.75) is 37.8 Å². The number of rotatable bonds is 6. The van der Waals surface area contributed by atoms with E-state index >= 15 is 0 Å². The maximum atomic E-state index is 13.1. The standard InChI is InChI=1S/C21H25ClN2O4S/c1-15-4-3-9-24(13-15)29(27,28)20-11-18(7-8-19(20)22)21(26)23-12-16-5-2-6-17(10-16)14-25/h2,5-8,10-11,15,25H,3-4,9,12-14H2,1H3,(H,23,26)/t15-/m1/s1. The van der Waals surface area contributed by atoms with Gasteiger partial charge in [0.25, 0.3) is 5.91 Å². The molecule has 2 aromatic rings. The van der Waals surface area contributed by atoms with E-state index < -0.39 is 10.0 Å². The Morgan fingerprint density at radius 2 is 2.00 bits per heavy atom. The molecule has 2 aromatic carbocycles. The highest BCUT2D eigenvalue weighted by molar-refractivity contribution is 7.89. The minimum Gasteiger partial charge on any atom is -0.392 e. The Hall–Kier alpha value is -1.93. The molecule has 0 radical (unpaired) electrons. The summed E-state index contributed by atoms with van der Waals surface area (Å²) in [5, 5.41) is 12.1. The average Bonchev–Trinajstić information content (AvgIpc) is 2.72. The number of amides is 1. The maximum Gasteiger partial charge on any atom is 0.251 e. The van der Waals surface area contributed by atoms with Crippen LogP contribution in [0.4, 0.5) is 0 Å². The predicted octanol–water partition coefficient (Wildman–Crippen LogP) is 3.18. The number of nitrogens with one attached hydrogen (secondary N) is 1. The van der Waals surface area contributed by atoms with Gasteiger partial charge in [0.15, 0.2) is 0 Å². The maximum absolute atomic E-state index is 13.1. The minimum atomic E-state index is -3.76. The molecule has 0 bridgehead atoms. The summed E-state index contributed by atoms with van der Waals surface area (Å²) in [4.78, 5) is 12.5. The molecule has 1 saturated heterocycles. The second kappa shape index (κ2) is 9.26. The van der Waals surface area contributed by atoms with Crippen LogP contribution in [0.2, 0.25) is 5.02 Å². The van der Waals surface area contributed by atoms with Crippen LogP contribution in [0.1, 0.15) is 41.3 Å². The fourth-order valence-corrected chi connectivity index (χ4v) is 5.57.